The van der Waals surface area contributed by atoms with E-state index in [9.17, 15) is 36.0 Å². The van der Waals surface area contributed by atoms with Crippen molar-refractivity contribution in [3.8, 4) is 0 Å². The predicted octanol–water partition coefficient (Wildman–Crippen LogP) is 5.26. The van der Waals surface area contributed by atoms with Crippen LogP contribution in [0.25, 0.3) is 0 Å². The zero-order chi connectivity index (χ0) is 39.3. The molecule has 0 saturated heterocycles. The van der Waals surface area contributed by atoms with Crippen molar-refractivity contribution in [1.29, 1.82) is 0 Å². The highest BCUT2D eigenvalue weighted by Gasteiger charge is 2.55. The van der Waals surface area contributed by atoms with Crippen LogP contribution in [0.4, 0.5) is 24.5 Å². The Bertz CT molecular complexity index is 2570. The first-order chi connectivity index (χ1) is 24.4. The molecule has 1 unspecified atom stereocenters. The number of halogens is 3. The van der Waals surface area contributed by atoms with Gasteiger partial charge in [-0.2, -0.15) is 13.2 Å². The number of carbonyl (C=O) groups is 4. The van der Waals surface area contributed by atoms with E-state index in [-0.39, 0.29) is 60.1 Å². The molecule has 276 valence electrons. The Morgan fingerprint density at radius 2 is 1.11 bits per heavy atom. The first-order valence-corrected chi connectivity index (χ1v) is 18.8. The summed E-state index contributed by atoms with van der Waals surface area (Å²) in [7, 11) is -7.30. The molecule has 0 bridgehead atoms. The monoisotopic (exact) mass is 768 g/mol. The molecule has 0 fully saturated rings. The minimum atomic E-state index is -4.99. The minimum absolute atomic E-state index is 0.00330. The van der Waals surface area contributed by atoms with Crippen LogP contribution < -0.4 is 14.8 Å². The van der Waals surface area contributed by atoms with E-state index in [0.29, 0.717) is 11.1 Å². The topological polar surface area (TPSA) is 181 Å². The number of alkyl halides is 3. The summed E-state index contributed by atoms with van der Waals surface area (Å²) in [5.41, 5.74) is -3.46. The molecule has 3 N–H and O–H groups in total. The summed E-state index contributed by atoms with van der Waals surface area (Å²) in [6, 6.07) is 11.0. The molecule has 1 atom stereocenters. The van der Waals surface area contributed by atoms with E-state index < -0.39 is 60.8 Å². The first kappa shape index (κ1) is 37.4. The molecule has 12 nitrogen and oxygen atoms in total. The summed E-state index contributed by atoms with van der Waals surface area (Å²) in [6.07, 6.45) is -4.99. The van der Waals surface area contributed by atoms with Gasteiger partial charge in [-0.25, -0.2) is 26.9 Å². The summed E-state index contributed by atoms with van der Waals surface area (Å²) in [6.45, 7) is 6.95. The lowest BCUT2D eigenvalue weighted by atomic mass is 9.74. The molecule has 2 heterocycles. The standard InChI is InChI=1S/C36H31F3N4O8S2/c1-17-18(2)29(20(4)30(19(17)3)53(50,51)41-23-9-11-24(12-10-23)52(40,48)49)43-33(46)26-14-8-22(16-28(26)34(43)47)35(5,36(37,38)39)21-7-13-25-27(15-21)32(45)42(6)31(25)44/h7-16,41H,1-6H3,(H2,40,48,49). The summed E-state index contributed by atoms with van der Waals surface area (Å²) < 4.78 is 98.7. The van der Waals surface area contributed by atoms with Crippen LogP contribution >= 0.6 is 0 Å². The zero-order valence-electron chi connectivity index (χ0n) is 29.0. The molecule has 0 radical (unpaired) electrons. The average molecular weight is 769 g/mol. The van der Waals surface area contributed by atoms with Gasteiger partial charge in [0.1, 0.15) is 5.41 Å². The Kier molecular flexibility index (Phi) is 8.51. The van der Waals surface area contributed by atoms with Gasteiger partial charge in [0, 0.05) is 12.7 Å². The van der Waals surface area contributed by atoms with Gasteiger partial charge >= 0.3 is 6.18 Å². The van der Waals surface area contributed by atoms with Crippen molar-refractivity contribution in [1.82, 2.24) is 4.90 Å². The number of amides is 4. The van der Waals surface area contributed by atoms with Gasteiger partial charge in [0.25, 0.3) is 33.7 Å². The largest absolute Gasteiger partial charge is 0.402 e. The highest BCUT2D eigenvalue weighted by molar-refractivity contribution is 7.92. The molecule has 2 aliphatic rings. The lowest BCUT2D eigenvalue weighted by Crippen LogP contribution is -2.41. The van der Waals surface area contributed by atoms with Gasteiger partial charge < -0.3 is 0 Å². The van der Waals surface area contributed by atoms with Gasteiger partial charge in [-0.3, -0.25) is 28.8 Å². The lowest BCUT2D eigenvalue weighted by Gasteiger charge is -2.33. The Labute approximate surface area is 302 Å². The lowest BCUT2D eigenvalue weighted by molar-refractivity contribution is -0.173. The van der Waals surface area contributed by atoms with E-state index in [2.05, 4.69) is 4.72 Å². The highest BCUT2D eigenvalue weighted by Crippen LogP contribution is 2.48. The SMILES string of the molecule is Cc1c(C)c(N2C(=O)c3ccc(C(C)(c4ccc5c(c4)C(=O)N(C)C5=O)C(F)(F)F)cc3C2=O)c(C)c(S(=O)(=O)Nc2ccc(S(N)(=O)=O)cc2)c1C. The van der Waals surface area contributed by atoms with Crippen LogP contribution in [0.5, 0.6) is 0 Å². The van der Waals surface area contributed by atoms with E-state index in [4.69, 9.17) is 5.14 Å². The number of hydrogen-bond donors (Lipinski definition) is 2. The van der Waals surface area contributed by atoms with Crippen LogP contribution in [0.2, 0.25) is 0 Å². The van der Waals surface area contributed by atoms with Gasteiger partial charge in [-0.15, -0.1) is 0 Å². The van der Waals surface area contributed by atoms with E-state index in [0.717, 1.165) is 65.3 Å². The summed E-state index contributed by atoms with van der Waals surface area (Å²) in [4.78, 5) is 54.1. The molecule has 0 saturated carbocycles. The normalized spacial score (nSPS) is 15.9. The van der Waals surface area contributed by atoms with Gasteiger partial charge in [0.05, 0.1) is 37.7 Å². The second-order valence-electron chi connectivity index (χ2n) is 13.1. The van der Waals surface area contributed by atoms with Gasteiger partial charge in [0.15, 0.2) is 0 Å². The number of sulfonamides is 2. The molecule has 0 spiro atoms. The molecule has 6 rings (SSSR count). The van der Waals surface area contributed by atoms with Crippen LogP contribution in [0.15, 0.2) is 70.5 Å². The number of nitrogens with two attached hydrogens (primary N) is 1. The van der Waals surface area contributed by atoms with Crippen LogP contribution in [-0.4, -0.2) is 58.6 Å². The number of anilines is 2. The van der Waals surface area contributed by atoms with Crippen molar-refractivity contribution < 1.29 is 49.2 Å². The molecular weight excluding hydrogens is 738 g/mol. The van der Waals surface area contributed by atoms with Crippen molar-refractivity contribution in [3.05, 3.63) is 116 Å². The first-order valence-electron chi connectivity index (χ1n) is 15.8. The minimum Gasteiger partial charge on any atom is -0.280 e. The van der Waals surface area contributed by atoms with Crippen molar-refractivity contribution >= 4 is 55.1 Å². The Balaban J connectivity index is 1.44. The fourth-order valence-corrected chi connectivity index (χ4v) is 9.00. The van der Waals surface area contributed by atoms with Crippen LogP contribution in [0, 0.1) is 27.7 Å². The molecule has 53 heavy (non-hydrogen) atoms. The van der Waals surface area contributed by atoms with Crippen LogP contribution in [0.1, 0.15) is 81.7 Å². The van der Waals surface area contributed by atoms with Crippen molar-refractivity contribution in [2.24, 2.45) is 5.14 Å². The third kappa shape index (κ3) is 5.61. The van der Waals surface area contributed by atoms with Crippen molar-refractivity contribution in [2.75, 3.05) is 16.7 Å². The second-order valence-corrected chi connectivity index (χ2v) is 16.3. The molecule has 2 aliphatic heterocycles. The highest BCUT2D eigenvalue weighted by atomic mass is 32.2. The van der Waals surface area contributed by atoms with Gasteiger partial charge in [0.2, 0.25) is 10.0 Å². The quantitative estimate of drug-likeness (QED) is 0.239. The molecule has 0 aliphatic carbocycles. The number of rotatable bonds is 7. The summed E-state index contributed by atoms with van der Waals surface area (Å²) >= 11 is 0. The fraction of sp³-hybridized carbons (Fsp3) is 0.222. The predicted molar refractivity (Wildman–Crippen MR) is 187 cm³/mol. The van der Waals surface area contributed by atoms with Crippen molar-refractivity contribution in [3.63, 3.8) is 0 Å². The maximum atomic E-state index is 15.1. The number of nitrogens with zero attached hydrogens (tertiary/aromatic N) is 2. The fourth-order valence-electron chi connectivity index (χ4n) is 6.88. The Morgan fingerprint density at radius 1 is 0.642 bits per heavy atom. The number of carbonyl (C=O) groups excluding carboxylic acids is 4. The average Bonchev–Trinajstić information content (AvgIpc) is 3.45. The van der Waals surface area contributed by atoms with E-state index in [1.165, 1.54) is 33.0 Å². The molecule has 4 aromatic carbocycles. The van der Waals surface area contributed by atoms with E-state index in [1.807, 2.05) is 0 Å². The summed E-state index contributed by atoms with van der Waals surface area (Å²) in [5, 5.41) is 5.13. The number of fused-ring (bicyclic) bond motifs is 2. The summed E-state index contributed by atoms with van der Waals surface area (Å²) in [5.74, 6) is -3.30. The van der Waals surface area contributed by atoms with Gasteiger partial charge in [-0.05, 0) is 117 Å². The van der Waals surface area contributed by atoms with Crippen LogP contribution in [-0.2, 0) is 25.5 Å². The molecule has 4 aromatic rings. The van der Waals surface area contributed by atoms with Crippen LogP contribution in [0.3, 0.4) is 0 Å². The molecule has 4 amide bonds. The maximum Gasteiger partial charge on any atom is 0.402 e. The van der Waals surface area contributed by atoms with E-state index in [1.54, 1.807) is 13.8 Å². The number of primary sulfonamides is 1. The third-order valence-electron chi connectivity index (χ3n) is 10.1. The number of nitrogens with one attached hydrogen (secondary N) is 1. The number of hydrogen-bond acceptors (Lipinski definition) is 8. The van der Waals surface area contributed by atoms with Gasteiger partial charge in [-0.1, -0.05) is 12.1 Å². The number of benzene rings is 4. The maximum absolute atomic E-state index is 15.1. The zero-order valence-corrected chi connectivity index (χ0v) is 30.6. The number of imide groups is 2. The Hall–Kier alpha value is -5.39. The van der Waals surface area contributed by atoms with Crippen molar-refractivity contribution in [2.45, 2.75) is 56.0 Å². The molecule has 17 heteroatoms. The smallest absolute Gasteiger partial charge is 0.280 e. The molecular formula is C36H31F3N4O8S2. The van der Waals surface area contributed by atoms with E-state index >= 15 is 13.2 Å². The third-order valence-corrected chi connectivity index (χ3v) is 12.7. The second kappa shape index (κ2) is 12.1. The molecule has 0 aromatic heterocycles. The Morgan fingerprint density at radius 3 is 1.62 bits per heavy atom.